The number of amides is 1. The topological polar surface area (TPSA) is 104 Å². The Morgan fingerprint density at radius 2 is 1.95 bits per heavy atom. The molecule has 0 unspecified atom stereocenters. The third-order valence-electron chi connectivity index (χ3n) is 3.55. The van der Waals surface area contributed by atoms with Crippen LogP contribution < -0.4 is 16.7 Å². The van der Waals surface area contributed by atoms with Crippen LogP contribution in [-0.2, 0) is 4.79 Å². The number of carbonyl (C=O) groups is 1. The molecule has 1 amide bonds. The number of hydrogen-bond acceptors (Lipinski definition) is 3. The fourth-order valence-corrected chi connectivity index (χ4v) is 2.63. The first-order chi connectivity index (χ1) is 8.98. The molecule has 0 spiro atoms. The Balaban J connectivity index is 1.94. The van der Waals surface area contributed by atoms with Gasteiger partial charge in [0.05, 0.1) is 22.3 Å². The summed E-state index contributed by atoms with van der Waals surface area (Å²) in [5.74, 6) is -0.184. The molecule has 5 N–H and O–H groups in total. The van der Waals surface area contributed by atoms with Crippen molar-refractivity contribution >= 4 is 38.6 Å². The van der Waals surface area contributed by atoms with E-state index in [1.54, 1.807) is 12.1 Å². The number of anilines is 1. The number of halogens is 1. The number of rotatable bonds is 2. The van der Waals surface area contributed by atoms with Gasteiger partial charge in [0, 0.05) is 4.47 Å². The monoisotopic (exact) mass is 324 g/mol. The summed E-state index contributed by atoms with van der Waals surface area (Å²) in [6, 6.07) is 3.45. The van der Waals surface area contributed by atoms with Crippen LogP contribution in [0.4, 0.5) is 5.69 Å². The summed E-state index contributed by atoms with van der Waals surface area (Å²) in [6.45, 7) is 0. The molecule has 1 heterocycles. The predicted molar refractivity (Wildman–Crippen MR) is 76.0 cm³/mol. The summed E-state index contributed by atoms with van der Waals surface area (Å²) in [4.78, 5) is 28.6. The lowest BCUT2D eigenvalue weighted by atomic mass is 9.77. The second-order valence-corrected chi connectivity index (χ2v) is 5.77. The molecule has 1 aromatic heterocycles. The van der Waals surface area contributed by atoms with Crippen molar-refractivity contribution in [3.8, 4) is 0 Å². The van der Waals surface area contributed by atoms with Gasteiger partial charge < -0.3 is 21.0 Å². The maximum atomic E-state index is 12.1. The predicted octanol–water partition coefficient (Wildman–Crippen LogP) is 1.44. The Morgan fingerprint density at radius 3 is 2.53 bits per heavy atom. The number of nitrogens with one attached hydrogen (secondary N) is 3. The number of carbonyl (C=O) groups excluding carboxylic acids is 1. The number of nitrogens with two attached hydrogens (primary N) is 1. The Hall–Kier alpha value is -1.60. The molecule has 19 heavy (non-hydrogen) atoms. The van der Waals surface area contributed by atoms with Gasteiger partial charge in [-0.15, -0.1) is 0 Å². The minimum Gasteiger partial charge on any atom is -0.323 e. The number of fused-ring (bicyclic) bond motifs is 1. The van der Waals surface area contributed by atoms with Crippen LogP contribution in [0.3, 0.4) is 0 Å². The van der Waals surface area contributed by atoms with Crippen LogP contribution in [0.1, 0.15) is 19.3 Å². The lowest BCUT2D eigenvalue weighted by molar-refractivity contribution is -0.123. The molecule has 1 aromatic carbocycles. The van der Waals surface area contributed by atoms with Gasteiger partial charge in [0.25, 0.3) is 0 Å². The minimum absolute atomic E-state index is 0.184. The summed E-state index contributed by atoms with van der Waals surface area (Å²) in [5, 5.41) is 2.81. The fraction of sp³-hybridized carbons (Fsp3) is 0.333. The molecular formula is C12H13BrN4O2. The molecule has 1 aliphatic carbocycles. The van der Waals surface area contributed by atoms with E-state index in [0.717, 1.165) is 6.42 Å². The van der Waals surface area contributed by atoms with Crippen molar-refractivity contribution in [2.45, 2.75) is 24.8 Å². The Kier molecular flexibility index (Phi) is 2.75. The quantitative estimate of drug-likeness (QED) is 0.671. The van der Waals surface area contributed by atoms with Gasteiger partial charge in [0.2, 0.25) is 5.91 Å². The van der Waals surface area contributed by atoms with Crippen LogP contribution in [0.15, 0.2) is 21.4 Å². The lowest BCUT2D eigenvalue weighted by Gasteiger charge is -2.36. The van der Waals surface area contributed by atoms with Gasteiger partial charge in [-0.25, -0.2) is 4.79 Å². The second-order valence-electron chi connectivity index (χ2n) is 4.92. The van der Waals surface area contributed by atoms with E-state index in [2.05, 4.69) is 31.2 Å². The highest BCUT2D eigenvalue weighted by atomic mass is 79.9. The van der Waals surface area contributed by atoms with Crippen molar-refractivity contribution in [1.82, 2.24) is 9.97 Å². The van der Waals surface area contributed by atoms with Crippen molar-refractivity contribution in [2.24, 2.45) is 5.73 Å². The molecule has 1 fully saturated rings. The number of hydrogen-bond donors (Lipinski definition) is 4. The molecule has 0 atom stereocenters. The third kappa shape index (κ3) is 2.08. The maximum Gasteiger partial charge on any atom is 0.323 e. The summed E-state index contributed by atoms with van der Waals surface area (Å²) in [7, 11) is 0. The van der Waals surface area contributed by atoms with Gasteiger partial charge in [0.1, 0.15) is 0 Å². The van der Waals surface area contributed by atoms with Crippen LogP contribution >= 0.6 is 15.9 Å². The lowest BCUT2D eigenvalue weighted by Crippen LogP contribution is -2.56. The first kappa shape index (κ1) is 12.4. The van der Waals surface area contributed by atoms with Gasteiger partial charge >= 0.3 is 5.69 Å². The number of imidazole rings is 1. The van der Waals surface area contributed by atoms with Crippen molar-refractivity contribution in [1.29, 1.82) is 0 Å². The van der Waals surface area contributed by atoms with E-state index in [4.69, 9.17) is 5.73 Å². The number of aromatic nitrogens is 2. The average Bonchev–Trinajstić information content (AvgIpc) is 2.65. The van der Waals surface area contributed by atoms with Gasteiger partial charge in [-0.05, 0) is 47.3 Å². The van der Waals surface area contributed by atoms with Gasteiger partial charge in [0.15, 0.2) is 0 Å². The highest BCUT2D eigenvalue weighted by molar-refractivity contribution is 9.10. The van der Waals surface area contributed by atoms with E-state index >= 15 is 0 Å². The average molecular weight is 325 g/mol. The molecule has 0 bridgehead atoms. The zero-order chi connectivity index (χ0) is 13.6. The summed E-state index contributed by atoms with van der Waals surface area (Å²) in [5.41, 5.74) is 6.87. The highest BCUT2D eigenvalue weighted by Crippen LogP contribution is 2.32. The van der Waals surface area contributed by atoms with Crippen molar-refractivity contribution in [3.05, 3.63) is 27.1 Å². The van der Waals surface area contributed by atoms with Gasteiger partial charge in [-0.2, -0.15) is 0 Å². The molecule has 0 saturated heterocycles. The van der Waals surface area contributed by atoms with E-state index in [9.17, 15) is 9.59 Å². The van der Waals surface area contributed by atoms with E-state index in [1.165, 1.54) is 0 Å². The highest BCUT2D eigenvalue weighted by Gasteiger charge is 2.40. The minimum atomic E-state index is -0.750. The summed E-state index contributed by atoms with van der Waals surface area (Å²) < 4.78 is 0.700. The van der Waals surface area contributed by atoms with Crippen LogP contribution in [0.25, 0.3) is 11.0 Å². The van der Waals surface area contributed by atoms with Crippen molar-refractivity contribution in [3.63, 3.8) is 0 Å². The molecule has 6 nitrogen and oxygen atoms in total. The molecular weight excluding hydrogens is 312 g/mol. The Morgan fingerprint density at radius 1 is 1.32 bits per heavy atom. The zero-order valence-electron chi connectivity index (χ0n) is 10.0. The van der Waals surface area contributed by atoms with E-state index < -0.39 is 5.54 Å². The molecule has 7 heteroatoms. The molecule has 3 rings (SSSR count). The smallest absolute Gasteiger partial charge is 0.323 e. The standard InChI is InChI=1S/C12H13BrN4O2/c13-6-4-8-9(17-11(19)16-8)5-7(6)15-10(18)12(14)2-1-3-12/h4-5H,1-3,14H2,(H,15,18)(H2,16,17,19). The third-order valence-corrected chi connectivity index (χ3v) is 4.21. The van der Waals surface area contributed by atoms with E-state index in [-0.39, 0.29) is 11.6 Å². The Bertz CT molecular complexity index is 714. The maximum absolute atomic E-state index is 12.1. The van der Waals surface area contributed by atoms with E-state index in [1.807, 2.05) is 0 Å². The van der Waals surface area contributed by atoms with Crippen LogP contribution in [0, 0.1) is 0 Å². The summed E-state index contributed by atoms with van der Waals surface area (Å²) in [6.07, 6.45) is 2.40. The van der Waals surface area contributed by atoms with Crippen LogP contribution in [-0.4, -0.2) is 21.4 Å². The SMILES string of the molecule is NC1(C(=O)Nc2cc3[nH]c(=O)[nH]c3cc2Br)CCC1. The molecule has 2 aromatic rings. The van der Waals surface area contributed by atoms with E-state index in [0.29, 0.717) is 34.0 Å². The van der Waals surface area contributed by atoms with Crippen molar-refractivity contribution < 1.29 is 4.79 Å². The normalized spacial score (nSPS) is 17.2. The first-order valence-electron chi connectivity index (χ1n) is 6.00. The fourth-order valence-electron chi connectivity index (χ4n) is 2.18. The van der Waals surface area contributed by atoms with Crippen LogP contribution in [0.2, 0.25) is 0 Å². The number of aromatic amines is 2. The molecule has 0 aliphatic heterocycles. The molecule has 1 aliphatic rings. The number of H-pyrrole nitrogens is 2. The van der Waals surface area contributed by atoms with Gasteiger partial charge in [-0.3, -0.25) is 4.79 Å². The second kappa shape index (κ2) is 4.21. The Labute approximate surface area is 116 Å². The molecule has 100 valence electrons. The largest absolute Gasteiger partial charge is 0.323 e. The zero-order valence-corrected chi connectivity index (χ0v) is 11.6. The molecule has 0 radical (unpaired) electrons. The van der Waals surface area contributed by atoms with Crippen LogP contribution in [0.5, 0.6) is 0 Å². The molecule has 1 saturated carbocycles. The summed E-state index contributed by atoms with van der Waals surface area (Å²) >= 11 is 3.37. The van der Waals surface area contributed by atoms with Crippen molar-refractivity contribution in [2.75, 3.05) is 5.32 Å². The number of benzene rings is 1. The first-order valence-corrected chi connectivity index (χ1v) is 6.79. The van der Waals surface area contributed by atoms with Gasteiger partial charge in [-0.1, -0.05) is 0 Å².